The van der Waals surface area contributed by atoms with Gasteiger partial charge in [-0.1, -0.05) is 23.7 Å². The second-order valence-electron chi connectivity index (χ2n) is 4.22. The van der Waals surface area contributed by atoms with E-state index in [1.807, 2.05) is 0 Å². The summed E-state index contributed by atoms with van der Waals surface area (Å²) in [6, 6.07) is 6.66. The van der Waals surface area contributed by atoms with Gasteiger partial charge in [0.05, 0.1) is 17.1 Å². The Morgan fingerprint density at radius 1 is 1.05 bits per heavy atom. The quantitative estimate of drug-likeness (QED) is 0.693. The molecular weight excluding hydrogens is 294 g/mol. The van der Waals surface area contributed by atoms with Crippen LogP contribution < -0.4 is 16.0 Å². The third-order valence-electron chi connectivity index (χ3n) is 2.58. The number of nitrogens with one attached hydrogen (secondary N) is 3. The van der Waals surface area contributed by atoms with Gasteiger partial charge in [0.2, 0.25) is 11.8 Å². The van der Waals surface area contributed by atoms with E-state index in [0.717, 1.165) is 0 Å². The van der Waals surface area contributed by atoms with Crippen LogP contribution in [0.3, 0.4) is 0 Å². The number of benzene rings is 1. The zero-order valence-electron chi connectivity index (χ0n) is 11.7. The molecule has 3 N–H and O–H groups in total. The van der Waals surface area contributed by atoms with E-state index in [-0.39, 0.29) is 37.2 Å². The lowest BCUT2D eigenvalue weighted by Gasteiger charge is -2.07. The number of hydrogen-bond acceptors (Lipinski definition) is 3. The highest BCUT2D eigenvalue weighted by atomic mass is 35.5. The van der Waals surface area contributed by atoms with E-state index in [1.165, 1.54) is 0 Å². The Labute approximate surface area is 128 Å². The number of rotatable bonds is 7. The predicted octanol–water partition coefficient (Wildman–Crippen LogP) is 0.712. The fraction of sp³-hybridized carbons (Fsp3) is 0.357. The predicted molar refractivity (Wildman–Crippen MR) is 80.1 cm³/mol. The average Bonchev–Trinajstić information content (AvgIpc) is 2.46. The average molecular weight is 312 g/mol. The molecule has 0 aliphatic rings. The molecule has 6 nitrogen and oxygen atoms in total. The summed E-state index contributed by atoms with van der Waals surface area (Å²) in [6.45, 7) is 2.42. The van der Waals surface area contributed by atoms with Gasteiger partial charge in [-0.05, 0) is 19.1 Å². The normalized spacial score (nSPS) is 9.81. The van der Waals surface area contributed by atoms with Crippen molar-refractivity contribution < 1.29 is 14.4 Å². The molecule has 0 bridgehead atoms. The molecule has 1 rings (SSSR count). The molecule has 0 heterocycles. The zero-order valence-corrected chi connectivity index (χ0v) is 12.5. The van der Waals surface area contributed by atoms with Crippen LogP contribution in [0.5, 0.6) is 0 Å². The summed E-state index contributed by atoms with van der Waals surface area (Å²) in [7, 11) is 0. The van der Waals surface area contributed by atoms with Crippen molar-refractivity contribution in [1.29, 1.82) is 0 Å². The minimum absolute atomic E-state index is 0.0644. The van der Waals surface area contributed by atoms with Crippen LogP contribution in [0.25, 0.3) is 0 Å². The van der Waals surface area contributed by atoms with Crippen molar-refractivity contribution in [2.75, 3.05) is 19.6 Å². The van der Waals surface area contributed by atoms with Crippen molar-refractivity contribution in [1.82, 2.24) is 16.0 Å². The Hall–Kier alpha value is -2.08. The fourth-order valence-corrected chi connectivity index (χ4v) is 1.78. The van der Waals surface area contributed by atoms with Crippen molar-refractivity contribution in [3.8, 4) is 0 Å². The largest absolute Gasteiger partial charge is 0.355 e. The molecule has 1 aromatic carbocycles. The molecule has 0 radical (unpaired) electrons. The minimum atomic E-state index is -0.336. The number of carbonyl (C=O) groups excluding carboxylic acids is 3. The van der Waals surface area contributed by atoms with Gasteiger partial charge in [0.25, 0.3) is 5.91 Å². The van der Waals surface area contributed by atoms with E-state index in [2.05, 4.69) is 16.0 Å². The van der Waals surface area contributed by atoms with Gasteiger partial charge in [-0.15, -0.1) is 0 Å². The third-order valence-corrected chi connectivity index (χ3v) is 2.91. The maximum absolute atomic E-state index is 11.8. The smallest absolute Gasteiger partial charge is 0.252 e. The highest BCUT2D eigenvalue weighted by Crippen LogP contribution is 2.14. The van der Waals surface area contributed by atoms with Crippen molar-refractivity contribution in [3.05, 3.63) is 34.9 Å². The molecule has 21 heavy (non-hydrogen) atoms. The molecule has 0 fully saturated rings. The van der Waals surface area contributed by atoms with E-state index in [0.29, 0.717) is 17.1 Å². The molecule has 0 saturated heterocycles. The van der Waals surface area contributed by atoms with E-state index in [4.69, 9.17) is 11.6 Å². The number of hydrogen-bond donors (Lipinski definition) is 3. The molecular formula is C14H18ClN3O3. The van der Waals surface area contributed by atoms with Gasteiger partial charge in [0, 0.05) is 19.5 Å². The van der Waals surface area contributed by atoms with Crippen molar-refractivity contribution in [2.24, 2.45) is 0 Å². The van der Waals surface area contributed by atoms with E-state index in [9.17, 15) is 14.4 Å². The second-order valence-corrected chi connectivity index (χ2v) is 4.62. The standard InChI is InChI=1S/C14H18ClN3O3/c1-2-16-13(20)9-18-12(19)7-8-17-14(21)10-5-3-4-6-11(10)15/h3-6H,2,7-9H2,1H3,(H,16,20)(H,17,21)(H,18,19). The minimum Gasteiger partial charge on any atom is -0.355 e. The number of carbonyl (C=O) groups is 3. The molecule has 1 aromatic rings. The summed E-state index contributed by atoms with van der Waals surface area (Å²) in [5.74, 6) is -0.885. The summed E-state index contributed by atoms with van der Waals surface area (Å²) in [4.78, 5) is 34.4. The molecule has 0 atom stereocenters. The lowest BCUT2D eigenvalue weighted by molar-refractivity contribution is -0.126. The molecule has 0 aromatic heterocycles. The van der Waals surface area contributed by atoms with E-state index in [1.54, 1.807) is 31.2 Å². The van der Waals surface area contributed by atoms with Crippen LogP contribution in [-0.2, 0) is 9.59 Å². The Morgan fingerprint density at radius 2 is 1.76 bits per heavy atom. The second kappa shape index (κ2) is 8.97. The first-order valence-electron chi connectivity index (χ1n) is 6.60. The molecule has 0 saturated carbocycles. The van der Waals surface area contributed by atoms with Gasteiger partial charge < -0.3 is 16.0 Å². The lowest BCUT2D eigenvalue weighted by Crippen LogP contribution is -2.38. The first kappa shape index (κ1) is 17.0. The first-order chi connectivity index (χ1) is 10.0. The van der Waals surface area contributed by atoms with Crippen LogP contribution in [0, 0.1) is 0 Å². The molecule has 0 aliphatic carbocycles. The Balaban J connectivity index is 2.27. The molecule has 0 spiro atoms. The highest BCUT2D eigenvalue weighted by Gasteiger charge is 2.10. The number of amides is 3. The maximum Gasteiger partial charge on any atom is 0.252 e. The van der Waals surface area contributed by atoms with Crippen LogP contribution in [0.1, 0.15) is 23.7 Å². The topological polar surface area (TPSA) is 87.3 Å². The van der Waals surface area contributed by atoms with Gasteiger partial charge in [0.15, 0.2) is 0 Å². The molecule has 3 amide bonds. The lowest BCUT2D eigenvalue weighted by atomic mass is 10.2. The Kier molecular flexibility index (Phi) is 7.25. The maximum atomic E-state index is 11.8. The van der Waals surface area contributed by atoms with Crippen LogP contribution in [-0.4, -0.2) is 37.4 Å². The highest BCUT2D eigenvalue weighted by molar-refractivity contribution is 6.33. The van der Waals surface area contributed by atoms with Crippen LogP contribution >= 0.6 is 11.6 Å². The Morgan fingerprint density at radius 3 is 2.43 bits per heavy atom. The SMILES string of the molecule is CCNC(=O)CNC(=O)CCNC(=O)c1ccccc1Cl. The molecule has 0 unspecified atom stereocenters. The summed E-state index contributed by atoms with van der Waals surface area (Å²) in [6.07, 6.45) is 0.0929. The van der Waals surface area contributed by atoms with Gasteiger partial charge >= 0.3 is 0 Å². The molecule has 7 heteroatoms. The zero-order chi connectivity index (χ0) is 15.7. The Bertz CT molecular complexity index is 520. The van der Waals surface area contributed by atoms with Crippen molar-refractivity contribution in [3.63, 3.8) is 0 Å². The first-order valence-corrected chi connectivity index (χ1v) is 6.98. The van der Waals surface area contributed by atoms with Gasteiger partial charge in [0.1, 0.15) is 0 Å². The van der Waals surface area contributed by atoms with E-state index >= 15 is 0 Å². The monoisotopic (exact) mass is 311 g/mol. The van der Waals surface area contributed by atoms with Crippen molar-refractivity contribution >= 4 is 29.3 Å². The number of likely N-dealkylation sites (N-methyl/N-ethyl adjacent to an activating group) is 1. The summed E-state index contributed by atoms with van der Waals surface area (Å²) >= 11 is 5.89. The van der Waals surface area contributed by atoms with E-state index < -0.39 is 0 Å². The number of halogens is 1. The van der Waals surface area contributed by atoms with Gasteiger partial charge in [-0.2, -0.15) is 0 Å². The van der Waals surface area contributed by atoms with Crippen molar-refractivity contribution in [2.45, 2.75) is 13.3 Å². The summed E-state index contributed by atoms with van der Waals surface area (Å²) < 4.78 is 0. The molecule has 114 valence electrons. The van der Waals surface area contributed by atoms with Gasteiger partial charge in [-0.3, -0.25) is 14.4 Å². The fourth-order valence-electron chi connectivity index (χ4n) is 1.56. The summed E-state index contributed by atoms with van der Waals surface area (Å²) in [5.41, 5.74) is 0.363. The van der Waals surface area contributed by atoms with Crippen LogP contribution in [0.2, 0.25) is 5.02 Å². The summed E-state index contributed by atoms with van der Waals surface area (Å²) in [5, 5.41) is 7.98. The van der Waals surface area contributed by atoms with Crippen LogP contribution in [0.4, 0.5) is 0 Å². The molecule has 0 aliphatic heterocycles. The van der Waals surface area contributed by atoms with Crippen LogP contribution in [0.15, 0.2) is 24.3 Å². The third kappa shape index (κ3) is 6.27. The van der Waals surface area contributed by atoms with Gasteiger partial charge in [-0.25, -0.2) is 0 Å².